The van der Waals surface area contributed by atoms with E-state index in [0.29, 0.717) is 11.5 Å². The summed E-state index contributed by atoms with van der Waals surface area (Å²) in [7, 11) is 0. The molecule has 0 aromatic heterocycles. The Kier molecular flexibility index (Phi) is 8.08. The molecule has 6 nitrogen and oxygen atoms in total. The van der Waals surface area contributed by atoms with Gasteiger partial charge in [-0.1, -0.05) is 24.3 Å². The smallest absolute Gasteiger partial charge is 0.344 e. The largest absolute Gasteiger partial charge is 0.482 e. The van der Waals surface area contributed by atoms with E-state index in [-0.39, 0.29) is 13.2 Å². The molecule has 0 N–H and O–H groups in total. The zero-order chi connectivity index (χ0) is 23.1. The molecule has 0 saturated carbocycles. The third-order valence-corrected chi connectivity index (χ3v) is 3.81. The molecule has 31 heavy (non-hydrogen) atoms. The molecule has 0 unspecified atom stereocenters. The summed E-state index contributed by atoms with van der Waals surface area (Å²) in [5.41, 5.74) is 1.15. The molecule has 0 atom stereocenters. The van der Waals surface area contributed by atoms with Gasteiger partial charge in [0.2, 0.25) is 0 Å². The number of benzene rings is 2. The highest BCUT2D eigenvalue weighted by Crippen LogP contribution is 2.18. The molecule has 0 spiro atoms. The van der Waals surface area contributed by atoms with E-state index >= 15 is 0 Å². The Bertz CT molecular complexity index is 781. The van der Waals surface area contributed by atoms with Crippen LogP contribution in [-0.2, 0) is 25.5 Å². The van der Waals surface area contributed by atoms with Gasteiger partial charge in [-0.3, -0.25) is 0 Å². The second kappa shape index (κ2) is 10.3. The van der Waals surface area contributed by atoms with Gasteiger partial charge < -0.3 is 18.9 Å². The standard InChI is InChI=1S/C25H32O6/c1-24(2,3)30-22(26)16-28-20-11-7-18(8-12-20)15-19-9-13-21(14-10-19)29-17-23(27)31-25(4,5)6/h7-14H,15-17H2,1-6H3. The third kappa shape index (κ3) is 10.0. The molecule has 0 radical (unpaired) electrons. The summed E-state index contributed by atoms with van der Waals surface area (Å²) in [4.78, 5) is 23.5. The lowest BCUT2D eigenvalue weighted by molar-refractivity contribution is -0.158. The molecule has 0 aliphatic heterocycles. The summed E-state index contributed by atoms with van der Waals surface area (Å²) in [6, 6.07) is 15.1. The minimum atomic E-state index is -0.527. The van der Waals surface area contributed by atoms with Crippen molar-refractivity contribution < 1.29 is 28.5 Å². The number of hydrogen-bond donors (Lipinski definition) is 0. The Morgan fingerprint density at radius 3 is 1.23 bits per heavy atom. The van der Waals surface area contributed by atoms with Crippen LogP contribution in [-0.4, -0.2) is 36.4 Å². The number of ether oxygens (including phenoxy) is 4. The Labute approximate surface area is 184 Å². The topological polar surface area (TPSA) is 71.1 Å². The molecule has 2 aromatic rings. The van der Waals surface area contributed by atoms with Crippen LogP contribution in [0.2, 0.25) is 0 Å². The summed E-state index contributed by atoms with van der Waals surface area (Å²) in [5.74, 6) is 0.428. The highest BCUT2D eigenvalue weighted by atomic mass is 16.6. The average Bonchev–Trinajstić information content (AvgIpc) is 2.64. The first-order valence-electron chi connectivity index (χ1n) is 10.3. The van der Waals surface area contributed by atoms with Crippen molar-refractivity contribution in [2.75, 3.05) is 13.2 Å². The van der Waals surface area contributed by atoms with E-state index in [1.807, 2.05) is 90.1 Å². The molecule has 0 amide bonds. The van der Waals surface area contributed by atoms with Gasteiger partial charge in [0.25, 0.3) is 0 Å². The van der Waals surface area contributed by atoms with E-state index in [0.717, 1.165) is 17.5 Å². The van der Waals surface area contributed by atoms with Gasteiger partial charge >= 0.3 is 11.9 Å². The van der Waals surface area contributed by atoms with E-state index in [9.17, 15) is 9.59 Å². The Morgan fingerprint density at radius 1 is 0.613 bits per heavy atom. The predicted molar refractivity (Wildman–Crippen MR) is 118 cm³/mol. The third-order valence-electron chi connectivity index (χ3n) is 3.81. The normalized spacial score (nSPS) is 11.5. The van der Waals surface area contributed by atoms with Crippen molar-refractivity contribution in [3.8, 4) is 11.5 Å². The maximum Gasteiger partial charge on any atom is 0.344 e. The van der Waals surface area contributed by atoms with E-state index in [1.54, 1.807) is 0 Å². The number of hydrogen-bond acceptors (Lipinski definition) is 6. The van der Waals surface area contributed by atoms with Crippen molar-refractivity contribution in [2.45, 2.75) is 59.2 Å². The van der Waals surface area contributed by atoms with Crippen LogP contribution in [0.4, 0.5) is 0 Å². The maximum absolute atomic E-state index is 11.7. The molecule has 0 fully saturated rings. The van der Waals surface area contributed by atoms with Crippen LogP contribution >= 0.6 is 0 Å². The van der Waals surface area contributed by atoms with Gasteiger partial charge in [0.1, 0.15) is 22.7 Å². The summed E-state index contributed by atoms with van der Waals surface area (Å²) in [6.45, 7) is 10.7. The molecule has 0 bridgehead atoms. The zero-order valence-electron chi connectivity index (χ0n) is 19.2. The van der Waals surface area contributed by atoms with Gasteiger partial charge in [0.05, 0.1) is 0 Å². The lowest BCUT2D eigenvalue weighted by Gasteiger charge is -2.19. The average molecular weight is 429 g/mol. The van der Waals surface area contributed by atoms with Gasteiger partial charge in [0.15, 0.2) is 13.2 Å². The molecule has 2 aromatic carbocycles. The molecule has 2 rings (SSSR count). The molecule has 0 aliphatic carbocycles. The summed E-state index contributed by atoms with van der Waals surface area (Å²) < 4.78 is 21.4. The second-order valence-corrected chi connectivity index (χ2v) is 9.21. The zero-order valence-corrected chi connectivity index (χ0v) is 19.2. The minimum absolute atomic E-state index is 0.124. The van der Waals surface area contributed by atoms with Crippen molar-refractivity contribution in [3.05, 3.63) is 59.7 Å². The highest BCUT2D eigenvalue weighted by molar-refractivity contribution is 5.72. The summed E-state index contributed by atoms with van der Waals surface area (Å²) >= 11 is 0. The number of rotatable bonds is 8. The van der Waals surface area contributed by atoms with Crippen LogP contribution in [0.3, 0.4) is 0 Å². The van der Waals surface area contributed by atoms with Crippen molar-refractivity contribution in [1.82, 2.24) is 0 Å². The Balaban J connectivity index is 1.81. The van der Waals surface area contributed by atoms with Crippen molar-refractivity contribution >= 4 is 11.9 Å². The monoisotopic (exact) mass is 428 g/mol. The van der Waals surface area contributed by atoms with Gasteiger partial charge in [-0.05, 0) is 83.4 Å². The van der Waals surface area contributed by atoms with Crippen molar-refractivity contribution in [3.63, 3.8) is 0 Å². The number of carbonyl (C=O) groups is 2. The quantitative estimate of drug-likeness (QED) is 0.567. The second-order valence-electron chi connectivity index (χ2n) is 9.21. The molecule has 0 heterocycles. The van der Waals surface area contributed by atoms with Gasteiger partial charge in [-0.15, -0.1) is 0 Å². The van der Waals surface area contributed by atoms with E-state index in [2.05, 4.69) is 0 Å². The van der Waals surface area contributed by atoms with Gasteiger partial charge in [-0.2, -0.15) is 0 Å². The first kappa shape index (κ1) is 24.3. The van der Waals surface area contributed by atoms with E-state index in [1.165, 1.54) is 0 Å². The Morgan fingerprint density at radius 2 is 0.935 bits per heavy atom. The number of carbonyl (C=O) groups excluding carboxylic acids is 2. The fraction of sp³-hybridized carbons (Fsp3) is 0.440. The summed E-state index contributed by atoms with van der Waals surface area (Å²) in [6.07, 6.45) is 0.735. The molecule has 0 saturated heterocycles. The SMILES string of the molecule is CC(C)(C)OC(=O)COc1ccc(Cc2ccc(OCC(=O)OC(C)(C)C)cc2)cc1. The number of esters is 2. The maximum atomic E-state index is 11.7. The first-order valence-corrected chi connectivity index (χ1v) is 10.3. The lowest BCUT2D eigenvalue weighted by Crippen LogP contribution is -2.27. The molecular weight excluding hydrogens is 396 g/mol. The Hall–Kier alpha value is -3.02. The fourth-order valence-corrected chi connectivity index (χ4v) is 2.67. The fourth-order valence-electron chi connectivity index (χ4n) is 2.67. The van der Waals surface area contributed by atoms with Crippen LogP contribution in [0.15, 0.2) is 48.5 Å². The van der Waals surface area contributed by atoms with Gasteiger partial charge in [0, 0.05) is 0 Å². The predicted octanol–water partition coefficient (Wildman–Crippen LogP) is 4.72. The van der Waals surface area contributed by atoms with Crippen LogP contribution in [0.5, 0.6) is 11.5 Å². The molecule has 0 aliphatic rings. The first-order chi connectivity index (χ1) is 14.4. The van der Waals surface area contributed by atoms with Crippen LogP contribution < -0.4 is 9.47 Å². The highest BCUT2D eigenvalue weighted by Gasteiger charge is 2.17. The van der Waals surface area contributed by atoms with Crippen molar-refractivity contribution in [2.24, 2.45) is 0 Å². The van der Waals surface area contributed by atoms with Crippen molar-refractivity contribution in [1.29, 1.82) is 0 Å². The van der Waals surface area contributed by atoms with E-state index < -0.39 is 23.1 Å². The van der Waals surface area contributed by atoms with Crippen LogP contribution in [0.25, 0.3) is 0 Å². The summed E-state index contributed by atoms with van der Waals surface area (Å²) in [5, 5.41) is 0. The molecule has 168 valence electrons. The molecular formula is C25H32O6. The van der Waals surface area contributed by atoms with Gasteiger partial charge in [-0.25, -0.2) is 9.59 Å². The van der Waals surface area contributed by atoms with Crippen LogP contribution in [0.1, 0.15) is 52.7 Å². The molecule has 6 heteroatoms. The van der Waals surface area contributed by atoms with E-state index in [4.69, 9.17) is 18.9 Å². The minimum Gasteiger partial charge on any atom is -0.482 e. The lowest BCUT2D eigenvalue weighted by atomic mass is 10.0. The van der Waals surface area contributed by atoms with Crippen LogP contribution in [0, 0.1) is 0 Å².